The van der Waals surface area contributed by atoms with E-state index in [1.807, 2.05) is 39.0 Å². The molecule has 23 heavy (non-hydrogen) atoms. The summed E-state index contributed by atoms with van der Waals surface area (Å²) in [6.07, 6.45) is 0. The Morgan fingerprint density at radius 2 is 2.09 bits per heavy atom. The average molecular weight is 318 g/mol. The molecule has 2 heterocycles. The monoisotopic (exact) mass is 318 g/mol. The van der Waals surface area contributed by atoms with Gasteiger partial charge in [-0.05, 0) is 26.0 Å². The van der Waals surface area contributed by atoms with Gasteiger partial charge in [-0.15, -0.1) is 0 Å². The molecule has 6 nitrogen and oxygen atoms in total. The zero-order valence-electron chi connectivity index (χ0n) is 13.6. The zero-order valence-corrected chi connectivity index (χ0v) is 13.6. The lowest BCUT2D eigenvalue weighted by Crippen LogP contribution is -2.80. The fourth-order valence-electron chi connectivity index (χ4n) is 3.25. The van der Waals surface area contributed by atoms with Crippen molar-refractivity contribution in [3.8, 4) is 5.75 Å². The van der Waals surface area contributed by atoms with Crippen molar-refractivity contribution in [2.75, 3.05) is 13.2 Å². The molecule has 1 aromatic rings. The summed E-state index contributed by atoms with van der Waals surface area (Å²) in [6.45, 7) is 6.25. The molecule has 0 bridgehead atoms. The number of carbonyl (C=O) groups is 2. The molecule has 1 N–H and O–H groups in total. The number of carbonyl (C=O) groups excluding carboxylic acids is 2. The van der Waals surface area contributed by atoms with Crippen molar-refractivity contribution in [2.45, 2.75) is 38.6 Å². The number of amides is 2. The van der Waals surface area contributed by atoms with Gasteiger partial charge in [-0.25, -0.2) is 0 Å². The highest BCUT2D eigenvalue weighted by atomic mass is 16.5. The van der Waals surface area contributed by atoms with E-state index >= 15 is 0 Å². The minimum absolute atomic E-state index is 0.0214. The number of para-hydroxylation sites is 1. The van der Waals surface area contributed by atoms with Crippen molar-refractivity contribution >= 4 is 11.8 Å². The summed E-state index contributed by atoms with van der Waals surface area (Å²) < 4.78 is 11.1. The first kappa shape index (κ1) is 15.8. The minimum Gasteiger partial charge on any atom is -0.484 e. The third-order valence-electron chi connectivity index (χ3n) is 4.44. The Bertz CT molecular complexity index is 602. The average Bonchev–Trinajstić information content (AvgIpc) is 2.53. The van der Waals surface area contributed by atoms with Crippen LogP contribution in [0.4, 0.5) is 0 Å². The van der Waals surface area contributed by atoms with E-state index < -0.39 is 11.8 Å². The Kier molecular flexibility index (Phi) is 4.02. The van der Waals surface area contributed by atoms with Crippen LogP contribution in [0.3, 0.4) is 0 Å². The summed E-state index contributed by atoms with van der Waals surface area (Å²) in [7, 11) is 0. The smallest absolute Gasteiger partial charge is 0.258 e. The van der Waals surface area contributed by atoms with E-state index in [9.17, 15) is 9.59 Å². The number of rotatable bonds is 4. The first-order valence-corrected chi connectivity index (χ1v) is 7.84. The third kappa shape index (κ3) is 2.91. The van der Waals surface area contributed by atoms with E-state index in [0.717, 1.165) is 0 Å². The second-order valence-electron chi connectivity index (χ2n) is 6.58. The van der Waals surface area contributed by atoms with Gasteiger partial charge in [0.2, 0.25) is 5.91 Å². The standard InChI is InChI=1S/C17H22N2O4/c1-11-9-23-17(2,3)19-15(11)14(16(19)21)18-13(20)10-22-12-7-5-4-6-8-12/h4-8,11,14-15H,9-10H2,1-3H3,(H,18,20)/t11-,14+,15+/m0/s1. The Balaban J connectivity index is 1.58. The van der Waals surface area contributed by atoms with Gasteiger partial charge in [-0.2, -0.15) is 0 Å². The largest absolute Gasteiger partial charge is 0.484 e. The Morgan fingerprint density at radius 1 is 1.39 bits per heavy atom. The SMILES string of the molecule is C[C@H]1COC(C)(C)N2C(=O)[C@H](NC(=O)COc3ccccc3)[C@@H]12. The van der Waals surface area contributed by atoms with E-state index in [2.05, 4.69) is 5.32 Å². The lowest BCUT2D eigenvalue weighted by molar-refractivity contribution is -0.240. The van der Waals surface area contributed by atoms with Crippen molar-refractivity contribution in [3.05, 3.63) is 30.3 Å². The van der Waals surface area contributed by atoms with Crippen molar-refractivity contribution in [2.24, 2.45) is 5.92 Å². The highest BCUT2D eigenvalue weighted by Crippen LogP contribution is 2.39. The molecule has 0 unspecified atom stereocenters. The lowest BCUT2D eigenvalue weighted by Gasteiger charge is -2.59. The predicted molar refractivity (Wildman–Crippen MR) is 83.7 cm³/mol. The van der Waals surface area contributed by atoms with Gasteiger partial charge in [0.25, 0.3) is 5.91 Å². The maximum atomic E-state index is 12.4. The van der Waals surface area contributed by atoms with Gasteiger partial charge in [0.15, 0.2) is 6.61 Å². The van der Waals surface area contributed by atoms with Crippen molar-refractivity contribution in [1.29, 1.82) is 0 Å². The first-order valence-electron chi connectivity index (χ1n) is 7.84. The lowest BCUT2D eigenvalue weighted by atomic mass is 9.81. The quantitative estimate of drug-likeness (QED) is 0.846. The van der Waals surface area contributed by atoms with Crippen LogP contribution in [-0.4, -0.2) is 47.7 Å². The predicted octanol–water partition coefficient (Wildman–Crippen LogP) is 1.16. The number of hydrogen-bond acceptors (Lipinski definition) is 4. The highest BCUT2D eigenvalue weighted by molar-refractivity contribution is 5.94. The van der Waals surface area contributed by atoms with Crippen molar-refractivity contribution < 1.29 is 19.1 Å². The van der Waals surface area contributed by atoms with Crippen LogP contribution in [0.2, 0.25) is 0 Å². The maximum Gasteiger partial charge on any atom is 0.258 e. The number of nitrogens with one attached hydrogen (secondary N) is 1. The van der Waals surface area contributed by atoms with Crippen molar-refractivity contribution in [3.63, 3.8) is 0 Å². The van der Waals surface area contributed by atoms with E-state index in [-0.39, 0.29) is 30.4 Å². The van der Waals surface area contributed by atoms with E-state index in [1.165, 1.54) is 0 Å². The number of hydrogen-bond donors (Lipinski definition) is 1. The number of benzene rings is 1. The van der Waals surface area contributed by atoms with Gasteiger partial charge in [0.1, 0.15) is 17.5 Å². The summed E-state index contributed by atoms with van der Waals surface area (Å²) in [5.41, 5.74) is -0.615. The van der Waals surface area contributed by atoms with Gasteiger partial charge < -0.3 is 19.7 Å². The van der Waals surface area contributed by atoms with Gasteiger partial charge in [-0.1, -0.05) is 25.1 Å². The molecule has 2 fully saturated rings. The number of β-lactam (4-membered cyclic amide) rings is 1. The van der Waals surface area contributed by atoms with Gasteiger partial charge in [0.05, 0.1) is 12.6 Å². The molecule has 0 aromatic heterocycles. The summed E-state index contributed by atoms with van der Waals surface area (Å²) in [5, 5.41) is 2.79. The van der Waals surface area contributed by atoms with Crippen LogP contribution in [0, 0.1) is 5.92 Å². The van der Waals surface area contributed by atoms with Crippen LogP contribution in [-0.2, 0) is 14.3 Å². The molecule has 0 radical (unpaired) electrons. The van der Waals surface area contributed by atoms with Crippen LogP contribution in [0.1, 0.15) is 20.8 Å². The normalized spacial score (nSPS) is 28.6. The third-order valence-corrected chi connectivity index (χ3v) is 4.44. The highest BCUT2D eigenvalue weighted by Gasteiger charge is 2.58. The van der Waals surface area contributed by atoms with Gasteiger partial charge in [0, 0.05) is 5.92 Å². The number of fused-ring (bicyclic) bond motifs is 1. The molecular formula is C17H22N2O4. The molecule has 124 valence electrons. The molecule has 1 aromatic carbocycles. The summed E-state index contributed by atoms with van der Waals surface area (Å²) in [5.74, 6) is 0.425. The molecule has 0 aliphatic carbocycles. The second-order valence-corrected chi connectivity index (χ2v) is 6.58. The Labute approximate surface area is 135 Å². The molecule has 0 spiro atoms. The molecular weight excluding hydrogens is 296 g/mol. The van der Waals surface area contributed by atoms with Crippen LogP contribution in [0.25, 0.3) is 0 Å². The van der Waals surface area contributed by atoms with Crippen LogP contribution < -0.4 is 10.1 Å². The molecule has 3 atom stereocenters. The summed E-state index contributed by atoms with van der Waals surface area (Å²) in [6, 6.07) is 8.62. The van der Waals surface area contributed by atoms with Crippen LogP contribution >= 0.6 is 0 Å². The number of nitrogens with zero attached hydrogens (tertiary/aromatic N) is 1. The summed E-state index contributed by atoms with van der Waals surface area (Å²) in [4.78, 5) is 26.2. The topological polar surface area (TPSA) is 67.9 Å². The maximum absolute atomic E-state index is 12.4. The van der Waals surface area contributed by atoms with Crippen LogP contribution in [0.5, 0.6) is 5.75 Å². The Morgan fingerprint density at radius 3 is 2.78 bits per heavy atom. The van der Waals surface area contributed by atoms with E-state index in [0.29, 0.717) is 12.4 Å². The molecule has 3 rings (SSSR count). The van der Waals surface area contributed by atoms with Crippen molar-refractivity contribution in [1.82, 2.24) is 10.2 Å². The van der Waals surface area contributed by atoms with E-state index in [1.54, 1.807) is 17.0 Å². The molecule has 2 amide bonds. The second kappa shape index (κ2) is 5.85. The number of ether oxygens (including phenoxy) is 2. The fourth-order valence-corrected chi connectivity index (χ4v) is 3.25. The molecule has 2 saturated heterocycles. The molecule has 0 saturated carbocycles. The summed E-state index contributed by atoms with van der Waals surface area (Å²) >= 11 is 0. The Hall–Kier alpha value is -2.08. The minimum atomic E-state index is -0.615. The molecule has 2 aliphatic heterocycles. The van der Waals surface area contributed by atoms with Gasteiger partial charge in [-0.3, -0.25) is 9.59 Å². The van der Waals surface area contributed by atoms with Gasteiger partial charge >= 0.3 is 0 Å². The molecule has 6 heteroatoms. The molecule has 2 aliphatic rings. The first-order chi connectivity index (χ1) is 10.9. The fraction of sp³-hybridized carbons (Fsp3) is 0.529. The van der Waals surface area contributed by atoms with Crippen LogP contribution in [0.15, 0.2) is 30.3 Å². The van der Waals surface area contributed by atoms with E-state index in [4.69, 9.17) is 9.47 Å². The zero-order chi connectivity index (χ0) is 16.6.